The van der Waals surface area contributed by atoms with Gasteiger partial charge in [0.2, 0.25) is 0 Å². The maximum Gasteiger partial charge on any atom is 0.0485 e. The van der Waals surface area contributed by atoms with Crippen molar-refractivity contribution in [3.05, 3.63) is 53.6 Å². The van der Waals surface area contributed by atoms with Gasteiger partial charge >= 0.3 is 0 Å². The third-order valence-electron chi connectivity index (χ3n) is 2.36. The minimum absolute atomic E-state index is 0.778. The van der Waals surface area contributed by atoms with Gasteiger partial charge < -0.3 is 5.32 Å². The maximum atomic E-state index is 6.16. The first-order valence-electron chi connectivity index (χ1n) is 4.84. The molecule has 2 heteroatoms. The fraction of sp³-hybridized carbons (Fsp3) is 0.0769. The molecule has 1 N–H and O–H groups in total. The highest BCUT2D eigenvalue weighted by Gasteiger charge is 2.05. The molecule has 0 radical (unpaired) electrons. The number of hydrogen-bond donors (Lipinski definition) is 1. The number of nitrogens with one attached hydrogen (secondary N) is 1. The van der Waals surface area contributed by atoms with E-state index in [1.54, 1.807) is 0 Å². The van der Waals surface area contributed by atoms with Crippen LogP contribution in [0.15, 0.2) is 48.5 Å². The lowest BCUT2D eigenvalue weighted by molar-refractivity contribution is 1.50. The second-order valence-corrected chi connectivity index (χ2v) is 3.68. The van der Waals surface area contributed by atoms with Gasteiger partial charge in [-0.1, -0.05) is 48.0 Å². The zero-order chi connectivity index (χ0) is 10.7. The fourth-order valence-corrected chi connectivity index (χ4v) is 1.85. The van der Waals surface area contributed by atoms with Gasteiger partial charge in [-0.05, 0) is 12.1 Å². The zero-order valence-corrected chi connectivity index (χ0v) is 9.25. The van der Waals surface area contributed by atoms with Gasteiger partial charge in [0.25, 0.3) is 0 Å². The third-order valence-corrected chi connectivity index (χ3v) is 2.69. The summed E-state index contributed by atoms with van der Waals surface area (Å²) in [4.78, 5) is 0. The molecule has 0 saturated carbocycles. The van der Waals surface area contributed by atoms with Crippen molar-refractivity contribution >= 4 is 17.3 Å². The molecule has 0 amide bonds. The van der Waals surface area contributed by atoms with Crippen molar-refractivity contribution in [1.82, 2.24) is 0 Å². The third kappa shape index (κ3) is 1.97. The summed E-state index contributed by atoms with van der Waals surface area (Å²) in [6.07, 6.45) is 0. The first-order chi connectivity index (χ1) is 7.33. The molecule has 0 spiro atoms. The van der Waals surface area contributed by atoms with Crippen LogP contribution in [0.2, 0.25) is 5.02 Å². The van der Waals surface area contributed by atoms with Crippen molar-refractivity contribution < 1.29 is 0 Å². The van der Waals surface area contributed by atoms with E-state index >= 15 is 0 Å². The molecule has 0 bridgehead atoms. The van der Waals surface area contributed by atoms with Crippen LogP contribution in [0.5, 0.6) is 0 Å². The number of anilines is 1. The van der Waals surface area contributed by atoms with Crippen LogP contribution in [-0.4, -0.2) is 7.05 Å². The van der Waals surface area contributed by atoms with Gasteiger partial charge in [0, 0.05) is 28.9 Å². The minimum atomic E-state index is 0.778. The van der Waals surface area contributed by atoms with Crippen molar-refractivity contribution in [1.29, 1.82) is 0 Å². The number of hydrogen-bond acceptors (Lipinski definition) is 1. The summed E-state index contributed by atoms with van der Waals surface area (Å²) in [5.74, 6) is 0. The van der Waals surface area contributed by atoms with Crippen LogP contribution < -0.4 is 5.32 Å². The molecule has 0 aliphatic heterocycles. The molecule has 0 aliphatic carbocycles. The standard InChI is InChI=1S/C13H12ClN/c1-15-13-9-5-3-7-11(13)10-6-2-4-8-12(10)14/h2-9,15H,1H3. The molecule has 0 atom stereocenters. The molecule has 76 valence electrons. The molecular formula is C13H12ClN. The van der Waals surface area contributed by atoms with Gasteiger partial charge in [0.15, 0.2) is 0 Å². The Bertz CT molecular complexity index is 466. The lowest BCUT2D eigenvalue weighted by atomic mass is 10.0. The van der Waals surface area contributed by atoms with Crippen LogP contribution in [0.4, 0.5) is 5.69 Å². The van der Waals surface area contributed by atoms with E-state index in [0.717, 1.165) is 21.8 Å². The van der Waals surface area contributed by atoms with Crippen LogP contribution >= 0.6 is 11.6 Å². The fourth-order valence-electron chi connectivity index (χ4n) is 1.62. The predicted octanol–water partition coefficient (Wildman–Crippen LogP) is 4.05. The van der Waals surface area contributed by atoms with Crippen LogP contribution in [-0.2, 0) is 0 Å². The van der Waals surface area contributed by atoms with Crippen LogP contribution in [0.1, 0.15) is 0 Å². The predicted molar refractivity (Wildman–Crippen MR) is 66.4 cm³/mol. The molecule has 15 heavy (non-hydrogen) atoms. The Balaban J connectivity index is 2.59. The molecular weight excluding hydrogens is 206 g/mol. The summed E-state index contributed by atoms with van der Waals surface area (Å²) in [6, 6.07) is 16.0. The van der Waals surface area contributed by atoms with Gasteiger partial charge in [0.05, 0.1) is 0 Å². The van der Waals surface area contributed by atoms with Crippen molar-refractivity contribution in [2.45, 2.75) is 0 Å². The van der Waals surface area contributed by atoms with Gasteiger partial charge in [-0.15, -0.1) is 0 Å². The summed E-state index contributed by atoms with van der Waals surface area (Å²) >= 11 is 6.16. The zero-order valence-electron chi connectivity index (χ0n) is 8.50. The molecule has 0 fully saturated rings. The highest BCUT2D eigenvalue weighted by Crippen LogP contribution is 2.32. The minimum Gasteiger partial charge on any atom is -0.388 e. The molecule has 1 nitrogen and oxygen atoms in total. The van der Waals surface area contributed by atoms with E-state index in [-0.39, 0.29) is 0 Å². The maximum absolute atomic E-state index is 6.16. The van der Waals surface area contributed by atoms with Crippen LogP contribution in [0.3, 0.4) is 0 Å². The van der Waals surface area contributed by atoms with Gasteiger partial charge in [-0.25, -0.2) is 0 Å². The molecule has 2 aromatic carbocycles. The lowest BCUT2D eigenvalue weighted by Crippen LogP contribution is -1.91. The van der Waals surface area contributed by atoms with Crippen LogP contribution in [0, 0.1) is 0 Å². The summed E-state index contributed by atoms with van der Waals surface area (Å²) in [5, 5.41) is 3.94. The van der Waals surface area contributed by atoms with Crippen molar-refractivity contribution in [3.8, 4) is 11.1 Å². The number of halogens is 1. The van der Waals surface area contributed by atoms with E-state index in [4.69, 9.17) is 11.6 Å². The number of rotatable bonds is 2. The number of para-hydroxylation sites is 1. The quantitative estimate of drug-likeness (QED) is 0.801. The largest absolute Gasteiger partial charge is 0.388 e. The molecule has 0 saturated heterocycles. The van der Waals surface area contributed by atoms with E-state index in [1.165, 1.54) is 0 Å². The molecule has 0 aliphatic rings. The topological polar surface area (TPSA) is 12.0 Å². The first-order valence-corrected chi connectivity index (χ1v) is 5.22. The highest BCUT2D eigenvalue weighted by atomic mass is 35.5. The van der Waals surface area contributed by atoms with Crippen molar-refractivity contribution in [3.63, 3.8) is 0 Å². The van der Waals surface area contributed by atoms with E-state index in [2.05, 4.69) is 11.4 Å². The first kappa shape index (κ1) is 10.1. The van der Waals surface area contributed by atoms with Crippen molar-refractivity contribution in [2.24, 2.45) is 0 Å². The molecule has 0 aromatic heterocycles. The Kier molecular flexibility index (Phi) is 2.93. The second kappa shape index (κ2) is 4.37. The molecule has 2 rings (SSSR count). The summed E-state index contributed by atoms with van der Waals surface area (Å²) in [6.45, 7) is 0. The number of benzene rings is 2. The Morgan fingerprint density at radius 3 is 2.13 bits per heavy atom. The lowest BCUT2D eigenvalue weighted by Gasteiger charge is -2.10. The van der Waals surface area contributed by atoms with E-state index in [9.17, 15) is 0 Å². The summed E-state index contributed by atoms with van der Waals surface area (Å²) in [7, 11) is 1.91. The van der Waals surface area contributed by atoms with E-state index in [1.807, 2.05) is 49.5 Å². The van der Waals surface area contributed by atoms with Crippen molar-refractivity contribution in [2.75, 3.05) is 12.4 Å². The Hall–Kier alpha value is -1.47. The van der Waals surface area contributed by atoms with Gasteiger partial charge in [0.1, 0.15) is 0 Å². The van der Waals surface area contributed by atoms with Gasteiger partial charge in [-0.2, -0.15) is 0 Å². The molecule has 0 unspecified atom stereocenters. The summed E-state index contributed by atoms with van der Waals surface area (Å²) in [5.41, 5.74) is 3.28. The van der Waals surface area contributed by atoms with Crippen LogP contribution in [0.25, 0.3) is 11.1 Å². The average Bonchev–Trinajstić information content (AvgIpc) is 2.30. The monoisotopic (exact) mass is 217 g/mol. The second-order valence-electron chi connectivity index (χ2n) is 3.28. The van der Waals surface area contributed by atoms with Gasteiger partial charge in [-0.3, -0.25) is 0 Å². The average molecular weight is 218 g/mol. The smallest absolute Gasteiger partial charge is 0.0485 e. The van der Waals surface area contributed by atoms with E-state index in [0.29, 0.717) is 0 Å². The molecule has 0 heterocycles. The summed E-state index contributed by atoms with van der Waals surface area (Å²) < 4.78 is 0. The Morgan fingerprint density at radius 2 is 1.47 bits per heavy atom. The Morgan fingerprint density at radius 1 is 0.867 bits per heavy atom. The van der Waals surface area contributed by atoms with E-state index < -0.39 is 0 Å². The Labute approximate surface area is 94.7 Å². The highest BCUT2D eigenvalue weighted by molar-refractivity contribution is 6.33. The molecule has 2 aromatic rings. The SMILES string of the molecule is CNc1ccccc1-c1ccccc1Cl. The normalized spacial score (nSPS) is 10.0.